The smallest absolute Gasteiger partial charge is 0.338 e. The van der Waals surface area contributed by atoms with Gasteiger partial charge in [-0.2, -0.15) is 0 Å². The highest BCUT2D eigenvalue weighted by molar-refractivity contribution is 7.93. The summed E-state index contributed by atoms with van der Waals surface area (Å²) in [5.41, 5.74) is 5.98. The first-order chi connectivity index (χ1) is 29.9. The Morgan fingerprint density at radius 1 is 0.594 bits per heavy atom. The van der Waals surface area contributed by atoms with E-state index in [0.717, 1.165) is 22.7 Å². The third-order valence-electron chi connectivity index (χ3n) is 9.49. The summed E-state index contributed by atoms with van der Waals surface area (Å²) in [6, 6.07) is 6.09. The number of amides is 2. The van der Waals surface area contributed by atoms with Gasteiger partial charge in [0.15, 0.2) is 0 Å². The first kappa shape index (κ1) is 49.2. The minimum atomic E-state index is -4.19. The summed E-state index contributed by atoms with van der Waals surface area (Å²) in [6.07, 6.45) is 0. The Morgan fingerprint density at radius 2 is 0.938 bits per heavy atom. The highest BCUT2D eigenvalue weighted by atomic mass is 35.5. The number of methoxy groups -OCH3 is 2. The van der Waals surface area contributed by atoms with Crippen molar-refractivity contribution in [1.82, 2.24) is 10.3 Å². The van der Waals surface area contributed by atoms with E-state index in [9.17, 15) is 36.0 Å². The van der Waals surface area contributed by atoms with E-state index < -0.39 is 43.8 Å². The summed E-state index contributed by atoms with van der Waals surface area (Å²) in [5.74, 6) is -2.84. The number of halogens is 2. The predicted octanol–water partition coefficient (Wildman–Crippen LogP) is 8.93. The average Bonchev–Trinajstić information content (AvgIpc) is 4.05. The van der Waals surface area contributed by atoms with Crippen molar-refractivity contribution in [3.8, 4) is 0 Å². The molecule has 340 valence electrons. The number of esters is 2. The van der Waals surface area contributed by atoms with Gasteiger partial charge in [-0.15, -0.1) is 22.7 Å². The summed E-state index contributed by atoms with van der Waals surface area (Å²) in [5, 5.41) is 15.7. The highest BCUT2D eigenvalue weighted by Gasteiger charge is 2.30. The van der Waals surface area contributed by atoms with Gasteiger partial charge in [0.25, 0.3) is 43.6 Å². The van der Waals surface area contributed by atoms with Crippen LogP contribution in [0.1, 0.15) is 84.8 Å². The molecule has 0 aliphatic rings. The van der Waals surface area contributed by atoms with Gasteiger partial charge in [-0.05, 0) is 112 Å². The molecule has 2 amide bonds. The quantitative estimate of drug-likeness (QED) is 0.0835. The van der Waals surface area contributed by atoms with E-state index in [0.29, 0.717) is 67.3 Å². The maximum atomic E-state index is 13.0. The third kappa shape index (κ3) is 10.1. The topological polar surface area (TPSA) is 255 Å². The number of sulfonamides is 2. The molecule has 64 heavy (non-hydrogen) atoms. The maximum Gasteiger partial charge on any atom is 0.338 e. The van der Waals surface area contributed by atoms with Crippen molar-refractivity contribution in [1.29, 1.82) is 0 Å². The maximum absolute atomic E-state index is 13.0. The summed E-state index contributed by atoms with van der Waals surface area (Å²) in [7, 11) is -5.83. The van der Waals surface area contributed by atoms with Crippen molar-refractivity contribution in [2.24, 2.45) is 0 Å². The van der Waals surface area contributed by atoms with Gasteiger partial charge in [0.2, 0.25) is 0 Å². The summed E-state index contributed by atoms with van der Waals surface area (Å²) >= 11 is 13.9. The minimum absolute atomic E-state index is 0.0241. The fourth-order valence-corrected chi connectivity index (χ4v) is 11.5. The molecule has 24 heteroatoms. The van der Waals surface area contributed by atoms with Crippen LogP contribution >= 0.6 is 45.9 Å². The van der Waals surface area contributed by atoms with E-state index >= 15 is 0 Å². The van der Waals surface area contributed by atoms with Crippen LogP contribution in [-0.2, 0) is 29.5 Å². The minimum Gasteiger partial charge on any atom is -0.465 e. The number of nitrogens with zero attached hydrogens (tertiary/aromatic N) is 2. The van der Waals surface area contributed by atoms with Gasteiger partial charge >= 0.3 is 11.9 Å². The SMILES string of the molecule is COC(=O)c1c(C)cc(C)c(NC(=O)c2sccc2S(=O)(=O)Nc2onc(C)c2Cl)c1C.COC(=O)c1c(C)cc(C)c(NC(=O)c2sccc2S(=O)(=O)Nc2onc(C)c2Cl)c1C. The van der Waals surface area contributed by atoms with Crippen LogP contribution in [0.5, 0.6) is 0 Å². The molecule has 0 bridgehead atoms. The Balaban J connectivity index is 0.000000241. The van der Waals surface area contributed by atoms with Gasteiger partial charge < -0.3 is 29.2 Å². The van der Waals surface area contributed by atoms with Crippen molar-refractivity contribution in [2.75, 3.05) is 34.3 Å². The Hall–Kier alpha value is -5.78. The molecule has 0 spiro atoms. The summed E-state index contributed by atoms with van der Waals surface area (Å²) in [6.45, 7) is 13.6. The lowest BCUT2D eigenvalue weighted by molar-refractivity contribution is 0.0590. The van der Waals surface area contributed by atoms with E-state index in [1.807, 2.05) is 0 Å². The lowest BCUT2D eigenvalue weighted by atomic mass is 9.97. The zero-order valence-corrected chi connectivity index (χ0v) is 40.4. The molecule has 0 radical (unpaired) electrons. The Morgan fingerprint density at radius 3 is 1.23 bits per heavy atom. The summed E-state index contributed by atoms with van der Waals surface area (Å²) < 4.78 is 75.4. The van der Waals surface area contributed by atoms with Crippen LogP contribution in [0.4, 0.5) is 23.1 Å². The number of hydrogen-bond donors (Lipinski definition) is 4. The number of rotatable bonds is 12. The molecular formula is C40H40Cl2N6O12S4. The van der Waals surface area contributed by atoms with Gasteiger partial charge in [-0.1, -0.05) is 45.6 Å². The predicted molar refractivity (Wildman–Crippen MR) is 243 cm³/mol. The first-order valence-electron chi connectivity index (χ1n) is 18.4. The molecule has 4 heterocycles. The molecule has 0 aliphatic heterocycles. The largest absolute Gasteiger partial charge is 0.465 e. The van der Waals surface area contributed by atoms with Crippen LogP contribution in [-0.4, -0.2) is 65.1 Å². The molecule has 0 saturated carbocycles. The second kappa shape index (κ2) is 19.5. The number of anilines is 4. The molecule has 18 nitrogen and oxygen atoms in total. The molecule has 6 rings (SSSR count). The van der Waals surface area contributed by atoms with E-state index in [4.69, 9.17) is 41.7 Å². The Bertz CT molecular complexity index is 2860. The molecule has 0 aliphatic carbocycles. The van der Waals surface area contributed by atoms with Crippen LogP contribution < -0.4 is 20.1 Å². The molecule has 0 saturated heterocycles. The number of aromatic nitrogens is 2. The van der Waals surface area contributed by atoms with Crippen LogP contribution in [0.15, 0.2) is 53.9 Å². The molecule has 4 aromatic heterocycles. The fraction of sp³-hybridized carbons (Fsp3) is 0.250. The molecule has 2 aromatic carbocycles. The normalized spacial score (nSPS) is 11.3. The second-order valence-electron chi connectivity index (χ2n) is 13.9. The Labute approximate surface area is 385 Å². The molecule has 0 fully saturated rings. The lowest BCUT2D eigenvalue weighted by Crippen LogP contribution is -2.20. The van der Waals surface area contributed by atoms with Gasteiger partial charge in [0.05, 0.1) is 25.3 Å². The van der Waals surface area contributed by atoms with Crippen LogP contribution in [0.2, 0.25) is 10.0 Å². The van der Waals surface area contributed by atoms with Crippen molar-refractivity contribution in [3.05, 3.63) is 111 Å². The van der Waals surface area contributed by atoms with E-state index in [1.165, 1.54) is 37.1 Å². The summed E-state index contributed by atoms with van der Waals surface area (Å²) in [4.78, 5) is 49.8. The van der Waals surface area contributed by atoms with Crippen molar-refractivity contribution >= 4 is 113 Å². The molecule has 0 atom stereocenters. The Kier molecular flexibility index (Phi) is 15.0. The first-order valence-corrected chi connectivity index (χ1v) is 23.9. The standard InChI is InChI=1S/2C20H20ClN3O6S2/c2*1-9-8-10(2)16(11(3)14(9)20(26)29-5)22-18(25)17-13(6-7-31-17)32(27,28)24-19-15(21)12(4)23-30-19/h2*6-8,24H,1-5H3,(H,22,25). The zero-order chi connectivity index (χ0) is 47.6. The van der Waals surface area contributed by atoms with Crippen LogP contribution in [0.3, 0.4) is 0 Å². The number of aryl methyl sites for hydroxylation is 6. The van der Waals surface area contributed by atoms with Crippen LogP contribution in [0, 0.1) is 55.4 Å². The van der Waals surface area contributed by atoms with Gasteiger partial charge in [-0.3, -0.25) is 9.59 Å². The second-order valence-corrected chi connectivity index (χ2v) is 19.8. The monoisotopic (exact) mass is 994 g/mol. The molecule has 0 unspecified atom stereocenters. The van der Waals surface area contributed by atoms with Crippen LogP contribution in [0.25, 0.3) is 0 Å². The lowest BCUT2D eigenvalue weighted by Gasteiger charge is -2.17. The van der Waals surface area contributed by atoms with Gasteiger partial charge in [-0.25, -0.2) is 35.9 Å². The zero-order valence-electron chi connectivity index (χ0n) is 35.6. The number of carbonyl (C=O) groups excluding carboxylic acids is 4. The molecule has 6 aromatic rings. The van der Waals surface area contributed by atoms with Crippen molar-refractivity contribution < 1.29 is 54.5 Å². The van der Waals surface area contributed by atoms with Gasteiger partial charge in [0.1, 0.15) is 41.0 Å². The average molecular weight is 996 g/mol. The molecular weight excluding hydrogens is 956 g/mol. The van der Waals surface area contributed by atoms with E-state index in [2.05, 4.69) is 30.4 Å². The number of carbonyl (C=O) groups is 4. The number of ether oxygens (including phenoxy) is 2. The number of hydrogen-bond acceptors (Lipinski definition) is 16. The third-order valence-corrected chi connectivity index (χ3v) is 15.2. The van der Waals surface area contributed by atoms with Crippen molar-refractivity contribution in [3.63, 3.8) is 0 Å². The molecule has 4 N–H and O–H groups in total. The number of benzene rings is 2. The van der Waals surface area contributed by atoms with E-state index in [1.54, 1.807) is 67.5 Å². The number of nitrogens with one attached hydrogen (secondary N) is 4. The van der Waals surface area contributed by atoms with Crippen molar-refractivity contribution in [2.45, 2.75) is 65.2 Å². The van der Waals surface area contributed by atoms with Gasteiger partial charge in [0, 0.05) is 11.4 Å². The van der Waals surface area contributed by atoms with E-state index in [-0.39, 0.29) is 41.4 Å². The number of thiophene rings is 2. The fourth-order valence-electron chi connectivity index (χ4n) is 6.48. The highest BCUT2D eigenvalue weighted by Crippen LogP contribution is 2.34.